The molecule has 0 aromatic rings. The van der Waals surface area contributed by atoms with Crippen LogP contribution in [0.3, 0.4) is 0 Å². The number of aliphatic carboxylic acids is 1. The van der Waals surface area contributed by atoms with Gasteiger partial charge >= 0.3 is 11.9 Å². The molecular formula is C13H24O4. The van der Waals surface area contributed by atoms with Crippen molar-refractivity contribution in [3.63, 3.8) is 0 Å². The van der Waals surface area contributed by atoms with Crippen LogP contribution in [-0.4, -0.2) is 23.7 Å². The minimum Gasteiger partial charge on any atom is -0.481 e. The number of hydrogen-bond acceptors (Lipinski definition) is 3. The first-order chi connectivity index (χ1) is 7.97. The van der Waals surface area contributed by atoms with Crippen LogP contribution in [0, 0.1) is 11.8 Å². The molecule has 1 atom stereocenters. The smallest absolute Gasteiger partial charge is 0.308 e. The molecule has 4 heteroatoms. The molecule has 0 aliphatic rings. The average molecular weight is 244 g/mol. The van der Waals surface area contributed by atoms with Crippen molar-refractivity contribution in [2.45, 2.75) is 52.9 Å². The second-order valence-electron chi connectivity index (χ2n) is 4.74. The maximum absolute atomic E-state index is 11.7. The van der Waals surface area contributed by atoms with Gasteiger partial charge in [0.05, 0.1) is 12.5 Å². The fraction of sp³-hybridized carbons (Fsp3) is 0.846. The molecule has 0 amide bonds. The Morgan fingerprint density at radius 2 is 1.88 bits per heavy atom. The Labute approximate surface area is 103 Å². The molecule has 4 nitrogen and oxygen atoms in total. The van der Waals surface area contributed by atoms with Crippen LogP contribution in [0.5, 0.6) is 0 Å². The highest BCUT2D eigenvalue weighted by Gasteiger charge is 2.18. The topological polar surface area (TPSA) is 63.6 Å². The first-order valence-corrected chi connectivity index (χ1v) is 6.35. The van der Waals surface area contributed by atoms with Crippen molar-refractivity contribution in [3.8, 4) is 0 Å². The summed E-state index contributed by atoms with van der Waals surface area (Å²) in [4.78, 5) is 22.0. The lowest BCUT2D eigenvalue weighted by atomic mass is 9.99. The molecule has 0 aliphatic heterocycles. The third-order valence-electron chi connectivity index (χ3n) is 2.71. The summed E-state index contributed by atoms with van der Waals surface area (Å²) < 4.78 is 5.18. The molecule has 0 radical (unpaired) electrons. The van der Waals surface area contributed by atoms with Crippen LogP contribution in [0.1, 0.15) is 52.9 Å². The van der Waals surface area contributed by atoms with E-state index in [2.05, 4.69) is 13.8 Å². The lowest BCUT2D eigenvalue weighted by molar-refractivity contribution is -0.149. The fourth-order valence-corrected chi connectivity index (χ4v) is 1.50. The van der Waals surface area contributed by atoms with Crippen molar-refractivity contribution in [1.82, 2.24) is 0 Å². The molecule has 0 fully saturated rings. The monoisotopic (exact) mass is 244 g/mol. The van der Waals surface area contributed by atoms with Crippen molar-refractivity contribution in [3.05, 3.63) is 0 Å². The third kappa shape index (κ3) is 8.72. The lowest BCUT2D eigenvalue weighted by Gasteiger charge is -2.14. The second-order valence-corrected chi connectivity index (χ2v) is 4.74. The lowest BCUT2D eigenvalue weighted by Crippen LogP contribution is -2.18. The van der Waals surface area contributed by atoms with Crippen LogP contribution >= 0.6 is 0 Å². The van der Waals surface area contributed by atoms with Gasteiger partial charge in [-0.3, -0.25) is 9.59 Å². The van der Waals surface area contributed by atoms with E-state index in [0.717, 1.165) is 6.42 Å². The molecule has 1 N–H and O–H groups in total. The molecule has 0 bridgehead atoms. The van der Waals surface area contributed by atoms with Gasteiger partial charge in [-0.05, 0) is 31.6 Å². The van der Waals surface area contributed by atoms with Gasteiger partial charge in [-0.15, -0.1) is 0 Å². The highest BCUT2D eigenvalue weighted by atomic mass is 16.5. The first kappa shape index (κ1) is 15.9. The summed E-state index contributed by atoms with van der Waals surface area (Å²) in [6, 6.07) is 0. The van der Waals surface area contributed by atoms with Gasteiger partial charge in [0, 0.05) is 6.42 Å². The Morgan fingerprint density at radius 3 is 2.35 bits per heavy atom. The van der Waals surface area contributed by atoms with E-state index in [1.165, 1.54) is 0 Å². The van der Waals surface area contributed by atoms with Crippen LogP contribution < -0.4 is 0 Å². The largest absolute Gasteiger partial charge is 0.481 e. The van der Waals surface area contributed by atoms with Crippen LogP contribution in [0.2, 0.25) is 0 Å². The molecule has 0 spiro atoms. The Bertz CT molecular complexity index is 236. The molecule has 0 aromatic carbocycles. The van der Waals surface area contributed by atoms with E-state index in [4.69, 9.17) is 9.84 Å². The van der Waals surface area contributed by atoms with E-state index in [0.29, 0.717) is 31.8 Å². The summed E-state index contributed by atoms with van der Waals surface area (Å²) in [7, 11) is 0. The van der Waals surface area contributed by atoms with Gasteiger partial charge < -0.3 is 9.84 Å². The third-order valence-corrected chi connectivity index (χ3v) is 2.71. The number of ether oxygens (including phenoxy) is 1. The first-order valence-electron chi connectivity index (χ1n) is 6.35. The molecule has 17 heavy (non-hydrogen) atoms. The fourth-order valence-electron chi connectivity index (χ4n) is 1.50. The van der Waals surface area contributed by atoms with Crippen LogP contribution in [0.15, 0.2) is 0 Å². The highest BCUT2D eigenvalue weighted by molar-refractivity contribution is 5.72. The van der Waals surface area contributed by atoms with Crippen molar-refractivity contribution < 1.29 is 19.4 Å². The van der Waals surface area contributed by atoms with E-state index in [-0.39, 0.29) is 18.3 Å². The summed E-state index contributed by atoms with van der Waals surface area (Å²) in [6.07, 6.45) is 2.84. The van der Waals surface area contributed by atoms with Crippen LogP contribution in [0.25, 0.3) is 0 Å². The molecule has 0 saturated heterocycles. The maximum Gasteiger partial charge on any atom is 0.308 e. The Kier molecular flexibility index (Phi) is 8.46. The van der Waals surface area contributed by atoms with Crippen molar-refractivity contribution >= 4 is 11.9 Å². The number of esters is 1. The van der Waals surface area contributed by atoms with E-state index in [9.17, 15) is 9.59 Å². The van der Waals surface area contributed by atoms with Crippen molar-refractivity contribution in [2.24, 2.45) is 11.8 Å². The van der Waals surface area contributed by atoms with Gasteiger partial charge in [-0.25, -0.2) is 0 Å². The van der Waals surface area contributed by atoms with Crippen molar-refractivity contribution in [1.29, 1.82) is 0 Å². The number of hydrogen-bond donors (Lipinski definition) is 1. The van der Waals surface area contributed by atoms with Gasteiger partial charge in [0.25, 0.3) is 0 Å². The number of carboxylic acids is 1. The average Bonchev–Trinajstić information content (AvgIpc) is 2.23. The second kappa shape index (κ2) is 9.02. The summed E-state index contributed by atoms with van der Waals surface area (Å²) in [5.41, 5.74) is 0. The predicted molar refractivity (Wildman–Crippen MR) is 65.7 cm³/mol. The number of carboxylic acid groups (broad SMARTS) is 1. The summed E-state index contributed by atoms with van der Waals surface area (Å²) in [5, 5.41) is 8.52. The molecule has 0 aromatic heterocycles. The number of carbonyl (C=O) groups is 2. The molecule has 0 heterocycles. The zero-order valence-corrected chi connectivity index (χ0v) is 11.1. The minimum absolute atomic E-state index is 0.121. The Hall–Kier alpha value is -1.06. The van der Waals surface area contributed by atoms with Crippen molar-refractivity contribution in [2.75, 3.05) is 6.61 Å². The normalized spacial score (nSPS) is 12.5. The minimum atomic E-state index is -0.812. The predicted octanol–water partition coefficient (Wildman–Crippen LogP) is 2.86. The van der Waals surface area contributed by atoms with E-state index in [1.54, 1.807) is 0 Å². The standard InChI is InChI=1S/C13H24O4/c1-4-11(6-5-7-12(14)15)13(16)17-9-8-10(2)3/h10-11H,4-9H2,1-3H3,(H,14,15). The maximum atomic E-state index is 11.7. The quantitative estimate of drug-likeness (QED) is 0.633. The van der Waals surface area contributed by atoms with Crippen LogP contribution in [0.4, 0.5) is 0 Å². The number of rotatable bonds is 9. The van der Waals surface area contributed by atoms with E-state index in [1.807, 2.05) is 6.92 Å². The van der Waals surface area contributed by atoms with Gasteiger partial charge in [-0.1, -0.05) is 20.8 Å². The molecule has 0 aliphatic carbocycles. The van der Waals surface area contributed by atoms with Gasteiger partial charge in [0.15, 0.2) is 0 Å². The summed E-state index contributed by atoms with van der Waals surface area (Å²) in [6.45, 7) is 6.55. The highest BCUT2D eigenvalue weighted by Crippen LogP contribution is 2.15. The zero-order chi connectivity index (χ0) is 13.3. The Morgan fingerprint density at radius 1 is 1.24 bits per heavy atom. The molecule has 0 rings (SSSR count). The van der Waals surface area contributed by atoms with E-state index >= 15 is 0 Å². The SMILES string of the molecule is CCC(CCCC(=O)O)C(=O)OCCC(C)C. The summed E-state index contributed by atoms with van der Waals surface area (Å²) >= 11 is 0. The molecular weight excluding hydrogens is 220 g/mol. The van der Waals surface area contributed by atoms with Gasteiger partial charge in [0.2, 0.25) is 0 Å². The molecule has 1 unspecified atom stereocenters. The van der Waals surface area contributed by atoms with Crippen LogP contribution in [-0.2, 0) is 14.3 Å². The van der Waals surface area contributed by atoms with Gasteiger partial charge in [0.1, 0.15) is 0 Å². The van der Waals surface area contributed by atoms with E-state index < -0.39 is 5.97 Å². The van der Waals surface area contributed by atoms with Gasteiger partial charge in [-0.2, -0.15) is 0 Å². The summed E-state index contributed by atoms with van der Waals surface area (Å²) in [5.74, 6) is -0.622. The molecule has 100 valence electrons. The Balaban J connectivity index is 3.83. The molecule has 0 saturated carbocycles. The number of carbonyl (C=O) groups excluding carboxylic acids is 1. The zero-order valence-electron chi connectivity index (χ0n) is 11.1.